The largest absolute Gasteiger partial charge is 0.339 e. The fraction of sp³-hybridized carbons (Fsp3) is 0.273. The Labute approximate surface area is 176 Å². The quantitative estimate of drug-likeness (QED) is 0.543. The highest BCUT2D eigenvalue weighted by molar-refractivity contribution is 7.08. The molecule has 0 unspecified atom stereocenters. The molecule has 1 fully saturated rings. The van der Waals surface area contributed by atoms with Crippen molar-refractivity contribution in [1.29, 1.82) is 0 Å². The number of fused-ring (bicyclic) bond motifs is 1. The second kappa shape index (κ2) is 7.87. The summed E-state index contributed by atoms with van der Waals surface area (Å²) in [5.74, 6) is 1.33. The van der Waals surface area contributed by atoms with Gasteiger partial charge in [0.25, 0.3) is 5.91 Å². The summed E-state index contributed by atoms with van der Waals surface area (Å²) in [4.78, 5) is 34.4. The molecule has 4 heterocycles. The number of carbonyl (C=O) groups is 1. The van der Waals surface area contributed by atoms with Crippen LogP contribution in [0, 0.1) is 5.92 Å². The minimum Gasteiger partial charge on any atom is -0.339 e. The Morgan fingerprint density at radius 1 is 1.30 bits per heavy atom. The van der Waals surface area contributed by atoms with Gasteiger partial charge in [0.15, 0.2) is 0 Å². The van der Waals surface area contributed by atoms with E-state index in [1.165, 1.54) is 6.07 Å². The maximum atomic E-state index is 13.2. The first-order valence-electron chi connectivity index (χ1n) is 9.94. The first-order chi connectivity index (χ1) is 14.7. The Bertz CT molecular complexity index is 1240. The van der Waals surface area contributed by atoms with E-state index in [0.717, 1.165) is 23.8 Å². The van der Waals surface area contributed by atoms with Gasteiger partial charge in [-0.25, -0.2) is 0 Å². The van der Waals surface area contributed by atoms with Crippen LogP contribution in [0.15, 0.2) is 56.5 Å². The van der Waals surface area contributed by atoms with E-state index in [9.17, 15) is 9.59 Å². The molecule has 1 amide bonds. The lowest BCUT2D eigenvalue weighted by Gasteiger charge is -2.32. The van der Waals surface area contributed by atoms with E-state index >= 15 is 0 Å². The molecule has 4 aromatic rings. The van der Waals surface area contributed by atoms with Gasteiger partial charge in [0.05, 0.1) is 5.56 Å². The third kappa shape index (κ3) is 3.66. The number of carbonyl (C=O) groups excluding carboxylic acids is 1. The highest BCUT2D eigenvalue weighted by Crippen LogP contribution is 2.25. The number of hydrogen-bond acceptors (Lipinski definition) is 6. The van der Waals surface area contributed by atoms with Crippen molar-refractivity contribution in [2.45, 2.75) is 19.3 Å². The van der Waals surface area contributed by atoms with Gasteiger partial charge in [0.2, 0.25) is 17.3 Å². The second-order valence-electron chi connectivity index (χ2n) is 7.58. The molecule has 30 heavy (non-hydrogen) atoms. The minimum atomic E-state index is -0.266. The van der Waals surface area contributed by atoms with E-state index in [2.05, 4.69) is 15.1 Å². The van der Waals surface area contributed by atoms with Gasteiger partial charge in [0.1, 0.15) is 0 Å². The predicted molar refractivity (Wildman–Crippen MR) is 115 cm³/mol. The van der Waals surface area contributed by atoms with Gasteiger partial charge in [-0.3, -0.25) is 9.59 Å². The number of piperidine rings is 1. The number of nitrogens with zero attached hydrogens (tertiary/aromatic N) is 3. The van der Waals surface area contributed by atoms with E-state index in [0.29, 0.717) is 42.3 Å². The van der Waals surface area contributed by atoms with Gasteiger partial charge in [-0.05, 0) is 36.3 Å². The van der Waals surface area contributed by atoms with Gasteiger partial charge in [-0.1, -0.05) is 23.4 Å². The number of para-hydroxylation sites is 1. The second-order valence-corrected chi connectivity index (χ2v) is 8.36. The Hall–Kier alpha value is -3.26. The van der Waals surface area contributed by atoms with E-state index in [4.69, 9.17) is 4.52 Å². The van der Waals surface area contributed by atoms with Crippen molar-refractivity contribution in [3.05, 3.63) is 69.0 Å². The topological polar surface area (TPSA) is 92.1 Å². The van der Waals surface area contributed by atoms with Crippen molar-refractivity contribution in [1.82, 2.24) is 20.0 Å². The number of thiophene rings is 1. The SMILES string of the molecule is O=C(c1cc(=O)[nH]c2ccccc12)N1CCC[C@@H](Cc2nc(-c3ccsc3)no2)C1. The van der Waals surface area contributed by atoms with Crippen molar-refractivity contribution in [3.8, 4) is 11.4 Å². The maximum Gasteiger partial charge on any atom is 0.254 e. The summed E-state index contributed by atoms with van der Waals surface area (Å²) in [7, 11) is 0. The van der Waals surface area contributed by atoms with Crippen LogP contribution >= 0.6 is 11.3 Å². The van der Waals surface area contributed by atoms with Gasteiger partial charge >= 0.3 is 0 Å². The molecule has 7 nitrogen and oxygen atoms in total. The van der Waals surface area contributed by atoms with Crippen molar-refractivity contribution in [3.63, 3.8) is 0 Å². The Balaban J connectivity index is 1.33. The van der Waals surface area contributed by atoms with Gasteiger partial charge in [-0.15, -0.1) is 0 Å². The monoisotopic (exact) mass is 420 g/mol. The first kappa shape index (κ1) is 18.7. The van der Waals surface area contributed by atoms with E-state index in [1.807, 2.05) is 46.0 Å². The number of H-pyrrole nitrogens is 1. The number of aromatic amines is 1. The lowest BCUT2D eigenvalue weighted by Crippen LogP contribution is -2.41. The van der Waals surface area contributed by atoms with Gasteiger partial charge in [0, 0.05) is 47.4 Å². The van der Waals surface area contributed by atoms with Crippen LogP contribution in [0.25, 0.3) is 22.3 Å². The molecule has 0 saturated carbocycles. The van der Waals surface area contributed by atoms with Crippen LogP contribution in [0.1, 0.15) is 29.1 Å². The molecule has 0 spiro atoms. The van der Waals surface area contributed by atoms with Crippen LogP contribution < -0.4 is 5.56 Å². The molecular formula is C22H20N4O3S. The Morgan fingerprint density at radius 3 is 3.07 bits per heavy atom. The number of amides is 1. The van der Waals surface area contributed by atoms with Crippen molar-refractivity contribution < 1.29 is 9.32 Å². The molecule has 1 aliphatic rings. The summed E-state index contributed by atoms with van der Waals surface area (Å²) in [6.45, 7) is 1.29. The van der Waals surface area contributed by atoms with Crippen LogP contribution in [0.2, 0.25) is 0 Å². The summed E-state index contributed by atoms with van der Waals surface area (Å²) < 4.78 is 5.44. The van der Waals surface area contributed by atoms with Crippen LogP contribution in [0.5, 0.6) is 0 Å². The molecule has 1 aliphatic heterocycles. The van der Waals surface area contributed by atoms with Crippen LogP contribution in [0.3, 0.4) is 0 Å². The van der Waals surface area contributed by atoms with Crippen LogP contribution in [-0.4, -0.2) is 39.0 Å². The number of nitrogens with one attached hydrogen (secondary N) is 1. The van der Waals surface area contributed by atoms with Crippen molar-refractivity contribution in [2.75, 3.05) is 13.1 Å². The summed E-state index contributed by atoms with van der Waals surface area (Å²) in [6, 6.07) is 10.8. The molecule has 0 bridgehead atoms. The molecule has 1 aromatic carbocycles. The zero-order valence-electron chi connectivity index (χ0n) is 16.2. The van der Waals surface area contributed by atoms with Gasteiger partial charge in [-0.2, -0.15) is 16.3 Å². The highest BCUT2D eigenvalue weighted by Gasteiger charge is 2.27. The zero-order chi connectivity index (χ0) is 20.5. The first-order valence-corrected chi connectivity index (χ1v) is 10.9. The van der Waals surface area contributed by atoms with E-state index in [-0.39, 0.29) is 17.4 Å². The lowest BCUT2D eigenvalue weighted by atomic mass is 9.94. The average Bonchev–Trinajstić information content (AvgIpc) is 3.45. The molecule has 0 radical (unpaired) electrons. The highest BCUT2D eigenvalue weighted by atomic mass is 32.1. The predicted octanol–water partition coefficient (Wildman–Crippen LogP) is 3.73. The number of likely N-dealkylation sites (tertiary alicyclic amines) is 1. The molecule has 152 valence electrons. The summed E-state index contributed by atoms with van der Waals surface area (Å²) in [5, 5.41) is 8.80. The fourth-order valence-corrected chi connectivity index (χ4v) is 4.70. The number of aromatic nitrogens is 3. The molecule has 1 atom stereocenters. The summed E-state index contributed by atoms with van der Waals surface area (Å²) in [6.07, 6.45) is 2.54. The third-order valence-electron chi connectivity index (χ3n) is 5.50. The zero-order valence-corrected chi connectivity index (χ0v) is 17.0. The average molecular weight is 420 g/mol. The smallest absolute Gasteiger partial charge is 0.254 e. The standard InChI is InChI=1S/C22H20N4O3S/c27-19-11-17(16-5-1-2-6-18(16)23-19)22(28)26-8-3-4-14(12-26)10-20-24-21(25-29-20)15-7-9-30-13-15/h1-2,5-7,9,11,13-14H,3-4,8,10,12H2,(H,23,27)/t14-/m0/s1. The Kier molecular flexibility index (Phi) is 4.92. The summed E-state index contributed by atoms with van der Waals surface area (Å²) in [5.41, 5.74) is 1.82. The number of rotatable bonds is 4. The van der Waals surface area contributed by atoms with Crippen LogP contribution in [-0.2, 0) is 6.42 Å². The third-order valence-corrected chi connectivity index (χ3v) is 6.18. The van der Waals surface area contributed by atoms with Gasteiger partial charge < -0.3 is 14.4 Å². The van der Waals surface area contributed by atoms with Crippen LogP contribution in [0.4, 0.5) is 0 Å². The normalized spacial score (nSPS) is 16.8. The molecule has 1 saturated heterocycles. The number of pyridine rings is 1. The lowest BCUT2D eigenvalue weighted by molar-refractivity contribution is 0.0670. The molecular weight excluding hydrogens is 400 g/mol. The maximum absolute atomic E-state index is 13.2. The molecule has 0 aliphatic carbocycles. The fourth-order valence-electron chi connectivity index (χ4n) is 4.06. The minimum absolute atomic E-state index is 0.105. The molecule has 3 aromatic heterocycles. The van der Waals surface area contributed by atoms with Crippen molar-refractivity contribution >= 4 is 28.1 Å². The number of benzene rings is 1. The number of hydrogen-bond donors (Lipinski definition) is 1. The van der Waals surface area contributed by atoms with Crippen molar-refractivity contribution in [2.24, 2.45) is 5.92 Å². The molecule has 5 rings (SSSR count). The Morgan fingerprint density at radius 2 is 2.20 bits per heavy atom. The summed E-state index contributed by atoms with van der Waals surface area (Å²) >= 11 is 1.59. The molecule has 8 heteroatoms. The van der Waals surface area contributed by atoms with E-state index < -0.39 is 0 Å². The molecule has 1 N–H and O–H groups in total. The van der Waals surface area contributed by atoms with E-state index in [1.54, 1.807) is 11.3 Å².